The first-order valence-corrected chi connectivity index (χ1v) is 9.19. The van der Waals surface area contributed by atoms with Crippen molar-refractivity contribution >= 4 is 11.7 Å². The summed E-state index contributed by atoms with van der Waals surface area (Å²) in [4.78, 5) is 30.0. The normalized spacial score (nSPS) is 14.6. The highest BCUT2D eigenvalue weighted by Crippen LogP contribution is 2.20. The summed E-state index contributed by atoms with van der Waals surface area (Å²) in [6.45, 7) is 8.51. The molecule has 4 heterocycles. The van der Waals surface area contributed by atoms with Gasteiger partial charge in [-0.1, -0.05) is 5.21 Å². The van der Waals surface area contributed by atoms with Crippen LogP contribution in [-0.4, -0.2) is 71.5 Å². The highest BCUT2D eigenvalue weighted by Gasteiger charge is 2.25. The van der Waals surface area contributed by atoms with E-state index in [2.05, 4.69) is 30.2 Å². The van der Waals surface area contributed by atoms with E-state index in [9.17, 15) is 4.79 Å². The summed E-state index contributed by atoms with van der Waals surface area (Å²) in [5.74, 6) is 2.28. The second-order valence-corrected chi connectivity index (χ2v) is 6.97. The van der Waals surface area contributed by atoms with Crippen LogP contribution in [0.25, 0.3) is 5.82 Å². The number of carbonyl (C=O) groups is 1. The maximum atomic E-state index is 12.5. The summed E-state index contributed by atoms with van der Waals surface area (Å²) < 4.78 is 3.51. The Kier molecular flexibility index (Phi) is 4.54. The van der Waals surface area contributed by atoms with E-state index in [0.29, 0.717) is 37.7 Å². The van der Waals surface area contributed by atoms with Crippen LogP contribution in [-0.2, 0) is 7.05 Å². The van der Waals surface area contributed by atoms with Gasteiger partial charge in [-0.25, -0.2) is 15.0 Å². The molecule has 0 aliphatic carbocycles. The highest BCUT2D eigenvalue weighted by molar-refractivity contribution is 5.92. The molecule has 1 saturated heterocycles. The maximum absolute atomic E-state index is 12.5. The van der Waals surface area contributed by atoms with Crippen LogP contribution in [0.3, 0.4) is 0 Å². The van der Waals surface area contributed by atoms with Crippen molar-refractivity contribution in [3.8, 4) is 5.82 Å². The van der Waals surface area contributed by atoms with Crippen LogP contribution < -0.4 is 4.90 Å². The first kappa shape index (κ1) is 18.1. The Balaban J connectivity index is 1.50. The lowest BCUT2D eigenvalue weighted by atomic mass is 10.2. The summed E-state index contributed by atoms with van der Waals surface area (Å²) in [6, 6.07) is 1.97. The van der Waals surface area contributed by atoms with Gasteiger partial charge in [0, 0.05) is 45.0 Å². The molecule has 4 rings (SSSR count). The van der Waals surface area contributed by atoms with Gasteiger partial charge in [0.15, 0.2) is 5.69 Å². The third kappa shape index (κ3) is 3.32. The van der Waals surface area contributed by atoms with Gasteiger partial charge in [-0.15, -0.1) is 5.10 Å². The molecule has 0 saturated carbocycles. The molecule has 10 heteroatoms. The lowest BCUT2D eigenvalue weighted by molar-refractivity contribution is 0.0740. The molecule has 1 amide bonds. The fourth-order valence-electron chi connectivity index (χ4n) is 3.30. The molecule has 146 valence electrons. The Morgan fingerprint density at radius 3 is 2.36 bits per heavy atom. The van der Waals surface area contributed by atoms with Crippen LogP contribution in [0, 0.1) is 20.8 Å². The average molecular weight is 381 g/mol. The van der Waals surface area contributed by atoms with E-state index in [-0.39, 0.29) is 5.91 Å². The minimum Gasteiger partial charge on any atom is -0.353 e. The van der Waals surface area contributed by atoms with Gasteiger partial charge >= 0.3 is 0 Å². The molecule has 0 unspecified atom stereocenters. The number of nitrogens with zero attached hydrogens (tertiary/aromatic N) is 9. The largest absolute Gasteiger partial charge is 0.353 e. The van der Waals surface area contributed by atoms with Crippen molar-refractivity contribution in [3.05, 3.63) is 41.5 Å². The van der Waals surface area contributed by atoms with Crippen molar-refractivity contribution in [1.82, 2.24) is 39.4 Å². The van der Waals surface area contributed by atoms with E-state index in [1.165, 1.54) is 4.68 Å². The van der Waals surface area contributed by atoms with Crippen molar-refractivity contribution in [1.29, 1.82) is 0 Å². The summed E-state index contributed by atoms with van der Waals surface area (Å²) in [5.41, 5.74) is 2.42. The summed E-state index contributed by atoms with van der Waals surface area (Å²) in [5, 5.41) is 7.75. The second kappa shape index (κ2) is 7.02. The summed E-state index contributed by atoms with van der Waals surface area (Å²) >= 11 is 0. The van der Waals surface area contributed by atoms with E-state index >= 15 is 0 Å². The van der Waals surface area contributed by atoms with Crippen LogP contribution in [0.5, 0.6) is 0 Å². The van der Waals surface area contributed by atoms with E-state index in [1.807, 2.05) is 31.4 Å². The molecule has 28 heavy (non-hydrogen) atoms. The first-order chi connectivity index (χ1) is 13.4. The molecule has 1 aliphatic heterocycles. The van der Waals surface area contributed by atoms with Gasteiger partial charge in [0.1, 0.15) is 23.8 Å². The van der Waals surface area contributed by atoms with Crippen molar-refractivity contribution in [2.24, 2.45) is 7.05 Å². The van der Waals surface area contributed by atoms with Gasteiger partial charge in [0.25, 0.3) is 5.91 Å². The SMILES string of the molecule is Cc1nc(N2CCN(C(=O)c3cn(C)nn3)CC2)cc(-n2cnc(C)c2C)n1. The Morgan fingerprint density at radius 2 is 1.75 bits per heavy atom. The fraction of sp³-hybridized carbons (Fsp3) is 0.444. The van der Waals surface area contributed by atoms with Gasteiger partial charge in [0.05, 0.1) is 11.9 Å². The summed E-state index contributed by atoms with van der Waals surface area (Å²) in [7, 11) is 1.75. The molecule has 0 bridgehead atoms. The number of piperazine rings is 1. The number of hydrogen-bond acceptors (Lipinski definition) is 7. The Hall–Kier alpha value is -3.30. The molecular formula is C18H23N9O. The standard InChI is InChI=1S/C18H23N9O/c1-12-13(2)27(11-19-12)17-9-16(20-14(3)21-17)25-5-7-26(8-6-25)18(28)15-10-24(4)23-22-15/h9-11H,5-8H2,1-4H3. The minimum atomic E-state index is -0.0863. The lowest BCUT2D eigenvalue weighted by Crippen LogP contribution is -2.49. The van der Waals surface area contributed by atoms with E-state index in [0.717, 1.165) is 23.0 Å². The smallest absolute Gasteiger partial charge is 0.276 e. The van der Waals surface area contributed by atoms with Crippen LogP contribution in [0.1, 0.15) is 27.7 Å². The van der Waals surface area contributed by atoms with Gasteiger partial charge < -0.3 is 9.80 Å². The lowest BCUT2D eigenvalue weighted by Gasteiger charge is -2.35. The van der Waals surface area contributed by atoms with Gasteiger partial charge in [-0.2, -0.15) is 0 Å². The monoisotopic (exact) mass is 381 g/mol. The Labute approximate surface area is 162 Å². The second-order valence-electron chi connectivity index (χ2n) is 6.97. The zero-order valence-corrected chi connectivity index (χ0v) is 16.5. The molecule has 3 aromatic rings. The Bertz CT molecular complexity index is 1010. The molecule has 0 aromatic carbocycles. The number of aromatic nitrogens is 7. The number of rotatable bonds is 3. The van der Waals surface area contributed by atoms with Gasteiger partial charge in [-0.05, 0) is 20.8 Å². The zero-order chi connectivity index (χ0) is 19.8. The van der Waals surface area contributed by atoms with Gasteiger partial charge in [-0.3, -0.25) is 14.0 Å². The number of hydrogen-bond donors (Lipinski definition) is 0. The van der Waals surface area contributed by atoms with E-state index in [4.69, 9.17) is 0 Å². The number of carbonyl (C=O) groups excluding carboxylic acids is 1. The van der Waals surface area contributed by atoms with Crippen LogP contribution in [0.2, 0.25) is 0 Å². The number of aryl methyl sites for hydroxylation is 3. The van der Waals surface area contributed by atoms with E-state index < -0.39 is 0 Å². The first-order valence-electron chi connectivity index (χ1n) is 9.19. The van der Waals surface area contributed by atoms with Crippen LogP contribution in [0.15, 0.2) is 18.6 Å². The molecule has 0 spiro atoms. The highest BCUT2D eigenvalue weighted by atomic mass is 16.2. The molecular weight excluding hydrogens is 358 g/mol. The van der Waals surface area contributed by atoms with E-state index in [1.54, 1.807) is 24.5 Å². The zero-order valence-electron chi connectivity index (χ0n) is 16.5. The van der Waals surface area contributed by atoms with Crippen molar-refractivity contribution in [3.63, 3.8) is 0 Å². The molecule has 0 N–H and O–H groups in total. The molecule has 3 aromatic heterocycles. The number of anilines is 1. The quantitative estimate of drug-likeness (QED) is 0.658. The van der Waals surface area contributed by atoms with Crippen molar-refractivity contribution in [2.45, 2.75) is 20.8 Å². The topological polar surface area (TPSA) is 97.9 Å². The third-order valence-corrected chi connectivity index (χ3v) is 5.02. The predicted molar refractivity (Wildman–Crippen MR) is 102 cm³/mol. The summed E-state index contributed by atoms with van der Waals surface area (Å²) in [6.07, 6.45) is 3.43. The van der Waals surface area contributed by atoms with Crippen LogP contribution >= 0.6 is 0 Å². The average Bonchev–Trinajstić information content (AvgIpc) is 3.27. The fourth-order valence-corrected chi connectivity index (χ4v) is 3.30. The minimum absolute atomic E-state index is 0.0863. The molecule has 0 atom stereocenters. The maximum Gasteiger partial charge on any atom is 0.276 e. The number of imidazole rings is 1. The van der Waals surface area contributed by atoms with Gasteiger partial charge in [0.2, 0.25) is 0 Å². The molecule has 10 nitrogen and oxygen atoms in total. The third-order valence-electron chi connectivity index (χ3n) is 5.02. The number of amides is 1. The predicted octanol–water partition coefficient (Wildman–Crippen LogP) is 0.678. The molecule has 0 radical (unpaired) electrons. The van der Waals surface area contributed by atoms with Crippen molar-refractivity contribution < 1.29 is 4.79 Å². The van der Waals surface area contributed by atoms with Crippen LogP contribution in [0.4, 0.5) is 5.82 Å². The molecule has 1 fully saturated rings. The van der Waals surface area contributed by atoms with Crippen molar-refractivity contribution in [2.75, 3.05) is 31.1 Å². The molecule has 1 aliphatic rings. The Morgan fingerprint density at radius 1 is 1.04 bits per heavy atom.